The van der Waals surface area contributed by atoms with Crippen molar-refractivity contribution in [2.24, 2.45) is 5.92 Å². The van der Waals surface area contributed by atoms with Crippen LogP contribution in [0.2, 0.25) is 0 Å². The highest BCUT2D eigenvalue weighted by atomic mass is 16.6. The minimum Gasteiger partial charge on any atom is -0.632 e. The highest BCUT2D eigenvalue weighted by Crippen LogP contribution is 2.42. The van der Waals surface area contributed by atoms with Crippen LogP contribution in [0.25, 0.3) is 0 Å². The Morgan fingerprint density at radius 3 is 1.77 bits per heavy atom. The summed E-state index contributed by atoms with van der Waals surface area (Å²) >= 11 is 0. The number of fused-ring (bicyclic) bond motifs is 2. The minimum absolute atomic E-state index is 0.0416. The lowest BCUT2D eigenvalue weighted by Gasteiger charge is -2.47. The van der Waals surface area contributed by atoms with E-state index >= 15 is 0 Å². The van der Waals surface area contributed by atoms with Crippen LogP contribution in [0.3, 0.4) is 0 Å². The third kappa shape index (κ3) is 10.3. The predicted octanol–water partition coefficient (Wildman–Crippen LogP) is 8.17. The van der Waals surface area contributed by atoms with E-state index < -0.39 is 68.4 Å². The number of rotatable bonds is 13. The van der Waals surface area contributed by atoms with E-state index in [2.05, 4.69) is 18.2 Å². The van der Waals surface area contributed by atoms with E-state index in [4.69, 9.17) is 9.47 Å². The van der Waals surface area contributed by atoms with Crippen molar-refractivity contribution in [1.29, 1.82) is 0 Å². The Bertz CT molecular complexity index is 1930. The summed E-state index contributed by atoms with van der Waals surface area (Å²) in [5, 5.41) is 28.5. The van der Waals surface area contributed by atoms with Crippen LogP contribution in [-0.4, -0.2) is 91.3 Å². The molecule has 6 amide bonds. The molecule has 5 atom stereocenters. The smallest absolute Gasteiger partial charge is 0.424 e. The monoisotopic (exact) mass is 832 g/mol. The summed E-state index contributed by atoms with van der Waals surface area (Å²) < 4.78 is 9.11. The number of hydrogen-bond acceptors (Lipinski definition) is 10. The highest BCUT2D eigenvalue weighted by Gasteiger charge is 2.52. The van der Waals surface area contributed by atoms with Crippen LogP contribution in [0.5, 0.6) is 0 Å². The van der Waals surface area contributed by atoms with Gasteiger partial charge in [-0.15, -0.1) is 0 Å². The average Bonchev–Trinajstić information content (AvgIpc) is 3.68. The SMILES string of the molecule is CC(C)(C)OC(=O)N1C(=O)CCC([N+]2([O-])Cc3cccc(CCCCCCCCCCC4=C5C[N+]([O-])(C6CCC(=O)N(C(=O)OC(C)(C)C)C6=O)CC5CC=C4)c3C2)C1=O. The highest BCUT2D eigenvalue weighted by molar-refractivity contribution is 6.12. The third-order valence-corrected chi connectivity index (χ3v) is 12.5. The van der Waals surface area contributed by atoms with E-state index in [-0.39, 0.29) is 57.8 Å². The van der Waals surface area contributed by atoms with Gasteiger partial charge in [0.05, 0.1) is 6.54 Å². The molecule has 0 aromatic heterocycles. The Morgan fingerprint density at radius 1 is 0.700 bits per heavy atom. The molecule has 0 bridgehead atoms. The maximum Gasteiger partial charge on any atom is 0.424 e. The summed E-state index contributed by atoms with van der Waals surface area (Å²) in [4.78, 5) is 78.7. The van der Waals surface area contributed by atoms with Crippen molar-refractivity contribution in [3.05, 3.63) is 68.6 Å². The number of aryl methyl sites for hydroxylation is 1. The molecule has 3 saturated heterocycles. The van der Waals surface area contributed by atoms with Crippen molar-refractivity contribution < 1.29 is 47.5 Å². The van der Waals surface area contributed by atoms with Crippen LogP contribution in [0.4, 0.5) is 9.59 Å². The molecule has 5 aliphatic rings. The molecule has 1 aromatic rings. The van der Waals surface area contributed by atoms with Gasteiger partial charge in [0.1, 0.15) is 30.8 Å². The summed E-state index contributed by atoms with van der Waals surface area (Å²) in [6, 6.07) is 3.92. The Hall–Kier alpha value is -4.24. The van der Waals surface area contributed by atoms with Gasteiger partial charge >= 0.3 is 12.2 Å². The Balaban J connectivity index is 0.913. The number of benzene rings is 1. The quantitative estimate of drug-likeness (QED) is 0.0816. The van der Waals surface area contributed by atoms with Crippen molar-refractivity contribution in [2.75, 3.05) is 13.1 Å². The molecule has 1 aromatic carbocycles. The second-order valence-electron chi connectivity index (χ2n) is 19.5. The molecule has 3 fully saturated rings. The zero-order valence-electron chi connectivity index (χ0n) is 36.4. The van der Waals surface area contributed by atoms with Gasteiger partial charge in [0.15, 0.2) is 12.1 Å². The first-order valence-electron chi connectivity index (χ1n) is 22.0. The number of nitrogens with zero attached hydrogens (tertiary/aromatic N) is 4. The average molecular weight is 833 g/mol. The number of amides is 6. The number of carbonyl (C=O) groups excluding carboxylic acids is 6. The van der Waals surface area contributed by atoms with E-state index in [1.807, 2.05) is 12.1 Å². The van der Waals surface area contributed by atoms with E-state index in [9.17, 15) is 39.2 Å². The summed E-state index contributed by atoms with van der Waals surface area (Å²) in [5.74, 6) is -2.71. The summed E-state index contributed by atoms with van der Waals surface area (Å²) in [6.07, 6.45) is 13.5. The lowest BCUT2D eigenvalue weighted by Crippen LogP contribution is -2.62. The number of hydrogen-bond donors (Lipinski definition) is 0. The molecular formula is C46H64N4O10. The minimum atomic E-state index is -1.05. The fourth-order valence-corrected chi connectivity index (χ4v) is 9.71. The van der Waals surface area contributed by atoms with Crippen LogP contribution in [0.1, 0.15) is 148 Å². The second-order valence-corrected chi connectivity index (χ2v) is 19.5. The number of hydroxylamine groups is 6. The maximum absolute atomic E-state index is 14.3. The molecule has 0 saturated carbocycles. The van der Waals surface area contributed by atoms with Gasteiger partial charge in [0.25, 0.3) is 11.8 Å². The summed E-state index contributed by atoms with van der Waals surface area (Å²) in [5.41, 5.74) is 3.57. The molecule has 6 rings (SSSR count). The first-order chi connectivity index (χ1) is 28.2. The maximum atomic E-state index is 14.3. The van der Waals surface area contributed by atoms with Crippen molar-refractivity contribution >= 4 is 35.8 Å². The van der Waals surface area contributed by atoms with Crippen LogP contribution in [0.15, 0.2) is 41.5 Å². The molecule has 60 heavy (non-hydrogen) atoms. The number of carbonyl (C=O) groups is 6. The Morgan fingerprint density at radius 2 is 1.22 bits per heavy atom. The number of unbranched alkanes of at least 4 members (excludes halogenated alkanes) is 7. The number of allylic oxidation sites excluding steroid dienone is 3. The normalized spacial score (nSPS) is 27.1. The topological polar surface area (TPSA) is 173 Å². The van der Waals surface area contributed by atoms with Gasteiger partial charge in [-0.2, -0.15) is 9.80 Å². The van der Waals surface area contributed by atoms with Gasteiger partial charge in [-0.05, 0) is 90.4 Å². The first kappa shape index (κ1) is 45.3. The molecule has 328 valence electrons. The van der Waals surface area contributed by atoms with Crippen LogP contribution in [0, 0.1) is 16.3 Å². The molecule has 0 N–H and O–H groups in total. The van der Waals surface area contributed by atoms with E-state index in [1.54, 1.807) is 41.5 Å². The number of quaternary nitrogens is 2. The fraction of sp³-hybridized carbons (Fsp3) is 0.652. The fourth-order valence-electron chi connectivity index (χ4n) is 9.71. The van der Waals surface area contributed by atoms with Crippen LogP contribution < -0.4 is 0 Å². The molecule has 14 nitrogen and oxygen atoms in total. The second kappa shape index (κ2) is 18.0. The van der Waals surface area contributed by atoms with Crippen molar-refractivity contribution in [3.8, 4) is 0 Å². The lowest BCUT2D eigenvalue weighted by molar-refractivity contribution is -0.916. The third-order valence-electron chi connectivity index (χ3n) is 12.5. The zero-order valence-corrected chi connectivity index (χ0v) is 36.4. The number of ether oxygens (including phenoxy) is 2. The van der Waals surface area contributed by atoms with Gasteiger partial charge in [-0.1, -0.05) is 68.9 Å². The standard InChI is InChI=1S/C46H64N4O10/c1-45(2,3)59-43(55)47-39(51)25-23-37(41(47)53)49(57)27-33-21-15-19-31(35(33)29-49)17-13-11-9-7-8-10-12-14-18-32-20-16-22-34-28-50(58,30-36(32)34)38-24-26-40(52)48(42(38)54)44(56)60-46(4,5)6/h15-16,19-21,34,37-38H,7-14,17-18,22-30H2,1-6H3. The molecular weight excluding hydrogens is 769 g/mol. The van der Waals surface area contributed by atoms with E-state index in [0.29, 0.717) is 9.80 Å². The van der Waals surface area contributed by atoms with Crippen molar-refractivity contribution in [3.63, 3.8) is 0 Å². The van der Waals surface area contributed by atoms with Gasteiger partial charge in [0.2, 0.25) is 11.8 Å². The molecule has 0 spiro atoms. The number of piperidine rings is 2. The predicted molar refractivity (Wildman–Crippen MR) is 223 cm³/mol. The molecule has 4 heterocycles. The molecule has 0 radical (unpaired) electrons. The van der Waals surface area contributed by atoms with Gasteiger partial charge in [0, 0.05) is 42.7 Å². The first-order valence-corrected chi connectivity index (χ1v) is 22.0. The van der Waals surface area contributed by atoms with Gasteiger partial charge in [-0.3, -0.25) is 19.2 Å². The van der Waals surface area contributed by atoms with Gasteiger partial charge < -0.3 is 29.2 Å². The molecule has 1 aliphatic carbocycles. The summed E-state index contributed by atoms with van der Waals surface area (Å²) in [7, 11) is 0. The van der Waals surface area contributed by atoms with Crippen LogP contribution in [-0.2, 0) is 48.2 Å². The van der Waals surface area contributed by atoms with Crippen LogP contribution >= 0.6 is 0 Å². The van der Waals surface area contributed by atoms with E-state index in [0.717, 1.165) is 92.9 Å². The number of imide groups is 6. The zero-order chi connectivity index (χ0) is 43.6. The Labute approximate surface area is 354 Å². The van der Waals surface area contributed by atoms with Crippen molar-refractivity contribution in [1.82, 2.24) is 9.80 Å². The van der Waals surface area contributed by atoms with E-state index in [1.165, 1.54) is 5.57 Å². The molecule has 5 unspecified atom stereocenters. The number of likely N-dealkylation sites (tertiary alicyclic amines) is 3. The molecule has 4 aliphatic heterocycles. The van der Waals surface area contributed by atoms with Gasteiger partial charge in [-0.25, -0.2) is 9.59 Å². The van der Waals surface area contributed by atoms with Crippen molar-refractivity contribution in [2.45, 2.75) is 174 Å². The molecule has 14 heteroatoms. The summed E-state index contributed by atoms with van der Waals surface area (Å²) in [6.45, 7) is 10.7. The largest absolute Gasteiger partial charge is 0.632 e. The lowest BCUT2D eigenvalue weighted by atomic mass is 9.87. The Kier molecular flexibility index (Phi) is 13.6.